The van der Waals surface area contributed by atoms with Crippen LogP contribution in [0.3, 0.4) is 0 Å². The molecule has 1 unspecified atom stereocenters. The smallest absolute Gasteiger partial charge is 0.382 e. The standard InChI is InChI=1S/C13H13BrF3NO2/c14-9-3-1-8(2-4-9)12(5-6-12)11(20)18-7-10(19)13(15,16)17/h1-4,10,19H,5-7H2,(H,18,20). The molecule has 7 heteroatoms. The van der Waals surface area contributed by atoms with Crippen LogP contribution < -0.4 is 5.32 Å². The number of hydrogen-bond donors (Lipinski definition) is 2. The quantitative estimate of drug-likeness (QED) is 0.875. The maximum absolute atomic E-state index is 12.2. The Morgan fingerprint density at radius 1 is 1.35 bits per heavy atom. The van der Waals surface area contributed by atoms with Gasteiger partial charge in [-0.25, -0.2) is 0 Å². The van der Waals surface area contributed by atoms with E-state index in [0.29, 0.717) is 12.8 Å². The Morgan fingerprint density at radius 2 is 1.90 bits per heavy atom. The lowest BCUT2D eigenvalue weighted by molar-refractivity contribution is -0.201. The van der Waals surface area contributed by atoms with Crippen molar-refractivity contribution in [2.45, 2.75) is 30.5 Å². The zero-order valence-corrected chi connectivity index (χ0v) is 12.0. The summed E-state index contributed by atoms with van der Waals surface area (Å²) >= 11 is 3.28. The van der Waals surface area contributed by atoms with Crippen LogP contribution >= 0.6 is 15.9 Å². The molecular weight excluding hydrogens is 339 g/mol. The molecule has 1 fully saturated rings. The van der Waals surface area contributed by atoms with Crippen LogP contribution in [0.1, 0.15) is 18.4 Å². The molecular formula is C13H13BrF3NO2. The van der Waals surface area contributed by atoms with Crippen LogP contribution in [0.25, 0.3) is 0 Å². The Hall–Kier alpha value is -1.08. The fraction of sp³-hybridized carbons (Fsp3) is 0.462. The highest BCUT2D eigenvalue weighted by molar-refractivity contribution is 9.10. The summed E-state index contributed by atoms with van der Waals surface area (Å²) in [5, 5.41) is 11.1. The van der Waals surface area contributed by atoms with Crippen molar-refractivity contribution in [2.24, 2.45) is 0 Å². The number of benzene rings is 1. The zero-order chi connectivity index (χ0) is 15.0. The third kappa shape index (κ3) is 3.15. The molecule has 110 valence electrons. The summed E-state index contributed by atoms with van der Waals surface area (Å²) in [6, 6.07) is 7.12. The second kappa shape index (κ2) is 5.37. The van der Waals surface area contributed by atoms with Crippen LogP contribution in [0.15, 0.2) is 28.7 Å². The van der Waals surface area contributed by atoms with Gasteiger partial charge in [0, 0.05) is 4.47 Å². The summed E-state index contributed by atoms with van der Waals surface area (Å²) in [6.45, 7) is -0.819. The predicted molar refractivity (Wildman–Crippen MR) is 70.1 cm³/mol. The Labute approximate surface area is 122 Å². The number of nitrogens with one attached hydrogen (secondary N) is 1. The molecule has 0 aliphatic heterocycles. The molecule has 1 aromatic carbocycles. The van der Waals surface area contributed by atoms with Gasteiger partial charge in [-0.05, 0) is 30.5 Å². The number of carbonyl (C=O) groups is 1. The number of halogens is 4. The first-order chi connectivity index (χ1) is 9.25. The highest BCUT2D eigenvalue weighted by Crippen LogP contribution is 2.48. The Morgan fingerprint density at radius 3 is 2.35 bits per heavy atom. The van der Waals surface area contributed by atoms with Crippen LogP contribution in [-0.4, -0.2) is 29.8 Å². The first kappa shape index (κ1) is 15.3. The van der Waals surface area contributed by atoms with Crippen LogP contribution in [0.5, 0.6) is 0 Å². The van der Waals surface area contributed by atoms with Crippen molar-refractivity contribution in [1.82, 2.24) is 5.32 Å². The second-order valence-electron chi connectivity index (χ2n) is 4.86. The van der Waals surface area contributed by atoms with Crippen molar-refractivity contribution in [1.29, 1.82) is 0 Å². The van der Waals surface area contributed by atoms with Gasteiger partial charge in [0.15, 0.2) is 6.10 Å². The van der Waals surface area contributed by atoms with Gasteiger partial charge < -0.3 is 10.4 Å². The van der Waals surface area contributed by atoms with Gasteiger partial charge >= 0.3 is 6.18 Å². The second-order valence-corrected chi connectivity index (χ2v) is 5.77. The fourth-order valence-corrected chi connectivity index (χ4v) is 2.28. The van der Waals surface area contributed by atoms with E-state index in [9.17, 15) is 18.0 Å². The molecule has 1 amide bonds. The van der Waals surface area contributed by atoms with Gasteiger partial charge in [-0.2, -0.15) is 13.2 Å². The fourth-order valence-electron chi connectivity index (χ4n) is 2.02. The number of aliphatic hydroxyl groups is 1. The average Bonchev–Trinajstić information content (AvgIpc) is 3.16. The van der Waals surface area contributed by atoms with E-state index in [2.05, 4.69) is 21.2 Å². The maximum Gasteiger partial charge on any atom is 0.416 e. The number of aliphatic hydroxyl groups excluding tert-OH is 1. The molecule has 1 saturated carbocycles. The van der Waals surface area contributed by atoms with Crippen molar-refractivity contribution in [3.05, 3.63) is 34.3 Å². The Balaban J connectivity index is 2.01. The van der Waals surface area contributed by atoms with E-state index < -0.39 is 30.1 Å². The molecule has 0 heterocycles. The van der Waals surface area contributed by atoms with Crippen LogP contribution in [0.2, 0.25) is 0 Å². The van der Waals surface area contributed by atoms with E-state index in [-0.39, 0.29) is 0 Å². The van der Waals surface area contributed by atoms with E-state index in [1.165, 1.54) is 0 Å². The van der Waals surface area contributed by atoms with E-state index in [4.69, 9.17) is 5.11 Å². The zero-order valence-electron chi connectivity index (χ0n) is 10.4. The molecule has 3 nitrogen and oxygen atoms in total. The monoisotopic (exact) mass is 351 g/mol. The minimum atomic E-state index is -4.72. The van der Waals surface area contributed by atoms with Crippen LogP contribution in [0, 0.1) is 0 Å². The normalized spacial score (nSPS) is 18.4. The van der Waals surface area contributed by atoms with Crippen molar-refractivity contribution < 1.29 is 23.1 Å². The molecule has 0 radical (unpaired) electrons. The Bertz CT molecular complexity index is 497. The first-order valence-corrected chi connectivity index (χ1v) is 6.84. The summed E-state index contributed by atoms with van der Waals surface area (Å²) in [7, 11) is 0. The summed E-state index contributed by atoms with van der Waals surface area (Å²) in [5.74, 6) is -0.469. The van der Waals surface area contributed by atoms with Gasteiger partial charge in [0.25, 0.3) is 0 Å². The van der Waals surface area contributed by atoms with E-state index >= 15 is 0 Å². The van der Waals surface area contributed by atoms with Gasteiger partial charge in [0.2, 0.25) is 5.91 Å². The number of alkyl halides is 3. The van der Waals surface area contributed by atoms with Gasteiger partial charge in [-0.3, -0.25) is 4.79 Å². The molecule has 0 saturated heterocycles. The van der Waals surface area contributed by atoms with E-state index in [0.717, 1.165) is 10.0 Å². The van der Waals surface area contributed by atoms with Crippen molar-refractivity contribution >= 4 is 21.8 Å². The number of hydrogen-bond acceptors (Lipinski definition) is 2. The van der Waals surface area contributed by atoms with E-state index in [1.54, 1.807) is 24.3 Å². The molecule has 0 aromatic heterocycles. The van der Waals surface area contributed by atoms with Crippen LogP contribution in [0.4, 0.5) is 13.2 Å². The van der Waals surface area contributed by atoms with Gasteiger partial charge in [0.1, 0.15) is 0 Å². The van der Waals surface area contributed by atoms with E-state index in [1.807, 2.05) is 0 Å². The molecule has 1 aromatic rings. The minimum Gasteiger partial charge on any atom is -0.382 e. The van der Waals surface area contributed by atoms with Crippen molar-refractivity contribution in [3.8, 4) is 0 Å². The molecule has 2 rings (SSSR count). The maximum atomic E-state index is 12.2. The highest BCUT2D eigenvalue weighted by Gasteiger charge is 2.51. The molecule has 20 heavy (non-hydrogen) atoms. The largest absolute Gasteiger partial charge is 0.416 e. The molecule has 0 bridgehead atoms. The molecule has 1 aliphatic rings. The summed E-state index contributed by atoms with van der Waals surface area (Å²) in [6.07, 6.45) is -6.06. The minimum absolute atomic E-state index is 0.469. The predicted octanol–water partition coefficient (Wildman–Crippen LogP) is 2.52. The lowest BCUT2D eigenvalue weighted by Crippen LogP contribution is -2.44. The summed E-state index contributed by atoms with van der Waals surface area (Å²) in [5.41, 5.74) is 0.0335. The third-order valence-corrected chi connectivity index (χ3v) is 3.94. The summed E-state index contributed by atoms with van der Waals surface area (Å²) < 4.78 is 37.4. The molecule has 0 spiro atoms. The molecule has 1 aliphatic carbocycles. The lowest BCUT2D eigenvalue weighted by atomic mass is 9.95. The SMILES string of the molecule is O=C(NCC(O)C(F)(F)F)C1(c2ccc(Br)cc2)CC1. The first-order valence-electron chi connectivity index (χ1n) is 6.05. The number of rotatable bonds is 4. The van der Waals surface area contributed by atoms with Crippen molar-refractivity contribution in [3.63, 3.8) is 0 Å². The van der Waals surface area contributed by atoms with Crippen molar-refractivity contribution in [2.75, 3.05) is 6.54 Å². The van der Waals surface area contributed by atoms with Gasteiger partial charge in [0.05, 0.1) is 12.0 Å². The number of carbonyl (C=O) groups excluding carboxylic acids is 1. The van der Waals surface area contributed by atoms with Gasteiger partial charge in [-0.1, -0.05) is 28.1 Å². The molecule has 2 N–H and O–H groups in total. The topological polar surface area (TPSA) is 49.3 Å². The summed E-state index contributed by atoms with van der Waals surface area (Å²) in [4.78, 5) is 12.0. The lowest BCUT2D eigenvalue weighted by Gasteiger charge is -2.19. The van der Waals surface area contributed by atoms with Gasteiger partial charge in [-0.15, -0.1) is 0 Å². The average molecular weight is 352 g/mol. The Kier molecular flexibility index (Phi) is 4.11. The molecule has 1 atom stereocenters. The van der Waals surface area contributed by atoms with Crippen LogP contribution in [-0.2, 0) is 10.2 Å². The number of amides is 1. The third-order valence-electron chi connectivity index (χ3n) is 3.42. The highest BCUT2D eigenvalue weighted by atomic mass is 79.9.